The standard InChI is InChI=1S/C22H26F2N2O2/c1-3-4-13-25-22(28)16(2)26(15-18-10-6-8-12-20(18)24)21(27)14-17-9-5-7-11-19(17)23/h5-12,16H,3-4,13-15H2,1-2H3,(H,25,28)/t16-/m1/s1. The molecule has 0 unspecified atom stereocenters. The highest BCUT2D eigenvalue weighted by molar-refractivity contribution is 5.88. The molecule has 0 aromatic heterocycles. The van der Waals surface area contributed by atoms with E-state index in [0.29, 0.717) is 12.1 Å². The minimum atomic E-state index is -0.810. The Kier molecular flexibility index (Phi) is 8.11. The van der Waals surface area contributed by atoms with Crippen molar-refractivity contribution < 1.29 is 18.4 Å². The van der Waals surface area contributed by atoms with Crippen LogP contribution in [0.25, 0.3) is 0 Å². The van der Waals surface area contributed by atoms with E-state index in [1.807, 2.05) is 6.92 Å². The Morgan fingerprint density at radius 3 is 2.14 bits per heavy atom. The summed E-state index contributed by atoms with van der Waals surface area (Å²) in [5.41, 5.74) is 0.544. The van der Waals surface area contributed by atoms with Gasteiger partial charge in [0.25, 0.3) is 0 Å². The fourth-order valence-corrected chi connectivity index (χ4v) is 2.84. The highest BCUT2D eigenvalue weighted by atomic mass is 19.1. The van der Waals surface area contributed by atoms with E-state index in [9.17, 15) is 18.4 Å². The van der Waals surface area contributed by atoms with Crippen LogP contribution in [0.2, 0.25) is 0 Å². The van der Waals surface area contributed by atoms with Gasteiger partial charge in [-0.05, 0) is 31.0 Å². The van der Waals surface area contributed by atoms with Gasteiger partial charge in [0.05, 0.1) is 6.42 Å². The van der Waals surface area contributed by atoms with Crippen molar-refractivity contribution in [3.05, 3.63) is 71.3 Å². The number of hydrogen-bond donors (Lipinski definition) is 1. The Balaban J connectivity index is 2.22. The van der Waals surface area contributed by atoms with Gasteiger partial charge in [0.15, 0.2) is 0 Å². The van der Waals surface area contributed by atoms with E-state index in [1.54, 1.807) is 37.3 Å². The number of halogens is 2. The number of nitrogens with one attached hydrogen (secondary N) is 1. The molecule has 1 N–H and O–H groups in total. The third-order valence-electron chi connectivity index (χ3n) is 4.59. The largest absolute Gasteiger partial charge is 0.354 e. The molecular weight excluding hydrogens is 362 g/mol. The first-order valence-corrected chi connectivity index (χ1v) is 9.48. The van der Waals surface area contributed by atoms with Gasteiger partial charge in [0.2, 0.25) is 11.8 Å². The first-order valence-electron chi connectivity index (χ1n) is 9.48. The summed E-state index contributed by atoms with van der Waals surface area (Å²) in [7, 11) is 0. The Hall–Kier alpha value is -2.76. The SMILES string of the molecule is CCCCNC(=O)[C@@H](C)N(Cc1ccccc1F)C(=O)Cc1ccccc1F. The summed E-state index contributed by atoms with van der Waals surface area (Å²) in [6.07, 6.45) is 1.56. The second kappa shape index (κ2) is 10.5. The third kappa shape index (κ3) is 5.87. The lowest BCUT2D eigenvalue weighted by Crippen LogP contribution is -2.48. The Bertz CT molecular complexity index is 811. The van der Waals surface area contributed by atoms with Crippen molar-refractivity contribution in [2.24, 2.45) is 0 Å². The van der Waals surface area contributed by atoms with E-state index < -0.39 is 23.6 Å². The maximum absolute atomic E-state index is 14.1. The highest BCUT2D eigenvalue weighted by Gasteiger charge is 2.27. The number of carbonyl (C=O) groups excluding carboxylic acids is 2. The number of hydrogen-bond acceptors (Lipinski definition) is 2. The second-order valence-corrected chi connectivity index (χ2v) is 6.70. The zero-order valence-electron chi connectivity index (χ0n) is 16.3. The van der Waals surface area contributed by atoms with Crippen molar-refractivity contribution in [1.29, 1.82) is 0 Å². The summed E-state index contributed by atoms with van der Waals surface area (Å²) < 4.78 is 28.1. The number of carbonyl (C=O) groups is 2. The van der Waals surface area contributed by atoms with Crippen molar-refractivity contribution in [1.82, 2.24) is 10.2 Å². The minimum absolute atomic E-state index is 0.0671. The topological polar surface area (TPSA) is 49.4 Å². The van der Waals surface area contributed by atoms with Gasteiger partial charge >= 0.3 is 0 Å². The molecule has 0 saturated heterocycles. The van der Waals surface area contributed by atoms with E-state index in [2.05, 4.69) is 5.32 Å². The number of nitrogens with zero attached hydrogens (tertiary/aromatic N) is 1. The molecule has 0 aliphatic heterocycles. The van der Waals surface area contributed by atoms with Gasteiger partial charge in [0.1, 0.15) is 17.7 Å². The number of amides is 2. The van der Waals surface area contributed by atoms with Gasteiger partial charge in [-0.25, -0.2) is 8.78 Å². The fourth-order valence-electron chi connectivity index (χ4n) is 2.84. The molecule has 2 aromatic rings. The summed E-state index contributed by atoms with van der Waals surface area (Å²) in [6, 6.07) is 11.3. The summed E-state index contributed by atoms with van der Waals surface area (Å²) in [5, 5.41) is 2.79. The number of rotatable bonds is 9. The molecule has 2 aromatic carbocycles. The molecule has 0 heterocycles. The first-order chi connectivity index (χ1) is 13.4. The smallest absolute Gasteiger partial charge is 0.242 e. The summed E-state index contributed by atoms with van der Waals surface area (Å²) in [4.78, 5) is 26.7. The molecule has 0 saturated carbocycles. The second-order valence-electron chi connectivity index (χ2n) is 6.70. The molecule has 0 spiro atoms. The molecule has 2 amide bonds. The van der Waals surface area contributed by atoms with Crippen LogP contribution in [0.4, 0.5) is 8.78 Å². The highest BCUT2D eigenvalue weighted by Crippen LogP contribution is 2.16. The molecule has 4 nitrogen and oxygen atoms in total. The van der Waals surface area contributed by atoms with Gasteiger partial charge in [0, 0.05) is 18.7 Å². The maximum Gasteiger partial charge on any atom is 0.242 e. The Morgan fingerprint density at radius 1 is 1.00 bits per heavy atom. The van der Waals surface area contributed by atoms with Gasteiger partial charge in [-0.3, -0.25) is 9.59 Å². The van der Waals surface area contributed by atoms with E-state index in [1.165, 1.54) is 23.1 Å². The molecule has 0 aliphatic carbocycles. The Morgan fingerprint density at radius 2 is 1.57 bits per heavy atom. The molecule has 28 heavy (non-hydrogen) atoms. The zero-order valence-corrected chi connectivity index (χ0v) is 16.3. The lowest BCUT2D eigenvalue weighted by Gasteiger charge is -2.29. The maximum atomic E-state index is 14.1. The molecule has 150 valence electrons. The fraction of sp³-hybridized carbons (Fsp3) is 0.364. The minimum Gasteiger partial charge on any atom is -0.354 e. The van der Waals surface area contributed by atoms with Crippen molar-refractivity contribution in [3.63, 3.8) is 0 Å². The van der Waals surface area contributed by atoms with Gasteiger partial charge in [-0.15, -0.1) is 0 Å². The van der Waals surface area contributed by atoms with Crippen LogP contribution in [0.15, 0.2) is 48.5 Å². The zero-order chi connectivity index (χ0) is 20.5. The summed E-state index contributed by atoms with van der Waals surface area (Å²) in [6.45, 7) is 4.05. The molecule has 6 heteroatoms. The van der Waals surface area contributed by atoms with Crippen LogP contribution in [0, 0.1) is 11.6 Å². The van der Waals surface area contributed by atoms with Crippen LogP contribution in [0.3, 0.4) is 0 Å². The van der Waals surface area contributed by atoms with Gasteiger partial charge < -0.3 is 10.2 Å². The van der Waals surface area contributed by atoms with Crippen molar-refractivity contribution >= 4 is 11.8 Å². The summed E-state index contributed by atoms with van der Waals surface area (Å²) in [5.74, 6) is -1.69. The van der Waals surface area contributed by atoms with Crippen LogP contribution < -0.4 is 5.32 Å². The van der Waals surface area contributed by atoms with Crippen LogP contribution in [-0.4, -0.2) is 29.3 Å². The number of benzene rings is 2. The van der Waals surface area contributed by atoms with Crippen molar-refractivity contribution in [2.75, 3.05) is 6.54 Å². The van der Waals surface area contributed by atoms with Crippen molar-refractivity contribution in [3.8, 4) is 0 Å². The Labute approximate surface area is 164 Å². The molecule has 2 rings (SSSR count). The lowest BCUT2D eigenvalue weighted by atomic mass is 10.1. The molecule has 0 aliphatic rings. The predicted molar refractivity (Wildman–Crippen MR) is 104 cm³/mol. The monoisotopic (exact) mass is 388 g/mol. The molecule has 0 bridgehead atoms. The van der Waals surface area contributed by atoms with Gasteiger partial charge in [-0.1, -0.05) is 49.7 Å². The normalized spacial score (nSPS) is 11.7. The average Bonchev–Trinajstić information content (AvgIpc) is 2.68. The van der Waals surface area contributed by atoms with E-state index in [0.717, 1.165) is 12.8 Å². The van der Waals surface area contributed by atoms with Gasteiger partial charge in [-0.2, -0.15) is 0 Å². The average molecular weight is 388 g/mol. The first kappa shape index (κ1) is 21.5. The van der Waals surface area contributed by atoms with E-state index >= 15 is 0 Å². The predicted octanol–water partition coefficient (Wildman–Crippen LogP) is 3.84. The van der Waals surface area contributed by atoms with E-state index in [4.69, 9.17) is 0 Å². The lowest BCUT2D eigenvalue weighted by molar-refractivity contribution is -0.140. The van der Waals surface area contributed by atoms with Crippen LogP contribution >= 0.6 is 0 Å². The van der Waals surface area contributed by atoms with Crippen LogP contribution in [-0.2, 0) is 22.6 Å². The molecule has 1 atom stereocenters. The van der Waals surface area contributed by atoms with Crippen LogP contribution in [0.5, 0.6) is 0 Å². The van der Waals surface area contributed by atoms with E-state index in [-0.39, 0.29) is 24.4 Å². The molecule has 0 fully saturated rings. The molecule has 0 radical (unpaired) electrons. The molecular formula is C22H26F2N2O2. The quantitative estimate of drug-likeness (QED) is 0.664. The summed E-state index contributed by atoms with van der Waals surface area (Å²) >= 11 is 0. The number of unbranched alkanes of at least 4 members (excludes halogenated alkanes) is 1. The van der Waals surface area contributed by atoms with Crippen LogP contribution in [0.1, 0.15) is 37.8 Å². The third-order valence-corrected chi connectivity index (χ3v) is 4.59. The van der Waals surface area contributed by atoms with Crippen molar-refractivity contribution in [2.45, 2.75) is 45.7 Å².